The van der Waals surface area contributed by atoms with Gasteiger partial charge < -0.3 is 11.7 Å². The zero-order valence-corrected chi connectivity index (χ0v) is 4.27. The second-order valence-electron chi connectivity index (χ2n) is 0.402. The molecule has 0 amide bonds. The molecule has 0 aliphatic carbocycles. The normalized spacial score (nSPS) is 4.17. The van der Waals surface area contributed by atoms with E-state index < -0.39 is 0 Å². The molecule has 0 aromatic carbocycles. The first-order valence-electron chi connectivity index (χ1n) is 1.03. The average Bonchev–Trinajstić information content (AvgIpc) is 1.37. The van der Waals surface area contributed by atoms with E-state index in [1.165, 1.54) is 0 Å². The Labute approximate surface area is 62.2 Å². The van der Waals surface area contributed by atoms with Crippen LogP contribution in [0, 0.1) is 6.58 Å². The van der Waals surface area contributed by atoms with Gasteiger partial charge in [-0.1, -0.05) is 0 Å². The Morgan fingerprint density at radius 2 is 1.67 bits per heavy atom. The van der Waals surface area contributed by atoms with Crippen molar-refractivity contribution in [2.24, 2.45) is 0 Å². The van der Waals surface area contributed by atoms with Crippen molar-refractivity contribution in [1.82, 2.24) is 0 Å². The van der Waals surface area contributed by atoms with Crippen molar-refractivity contribution in [3.05, 3.63) is 12.7 Å². The third kappa shape index (κ3) is 20.7. The van der Waals surface area contributed by atoms with Crippen LogP contribution in [0.3, 0.4) is 0 Å². The number of hydrogen-bond acceptors (Lipinski definition) is 1. The molecule has 3 heteroatoms. The Balaban J connectivity index is -0.0000000450. The molecule has 0 spiro atoms. The van der Waals surface area contributed by atoms with Gasteiger partial charge in [0, 0.05) is 0 Å². The molecule has 0 heterocycles. The summed E-state index contributed by atoms with van der Waals surface area (Å²) in [6.07, 6.45) is 1.07. The minimum absolute atomic E-state index is 0. The van der Waals surface area contributed by atoms with E-state index in [0.717, 1.165) is 6.08 Å². The summed E-state index contributed by atoms with van der Waals surface area (Å²) in [5, 5.41) is 9.12. The van der Waals surface area contributed by atoms with Crippen LogP contribution in [0.1, 0.15) is 0 Å². The van der Waals surface area contributed by atoms with Crippen molar-refractivity contribution in [1.29, 1.82) is 0 Å². The minimum atomic E-state index is -0.278. The fourth-order valence-electron chi connectivity index (χ4n) is 0. The summed E-state index contributed by atoms with van der Waals surface area (Å²) in [5.74, 6) is 0. The molecule has 0 rings (SSSR count). The van der Waals surface area contributed by atoms with Gasteiger partial charge in [0.2, 0.25) is 0 Å². The monoisotopic (exact) mass is 70.1 g/mol. The zero-order valence-electron chi connectivity index (χ0n) is 4.27. The van der Waals surface area contributed by atoms with Crippen molar-refractivity contribution >= 4 is 0 Å². The van der Waals surface area contributed by atoms with Gasteiger partial charge in [0.05, 0.1) is 0 Å². The number of rotatable bonds is 1. The summed E-state index contributed by atoms with van der Waals surface area (Å²) in [4.78, 5) is 0. The smallest absolute Gasteiger partial charge is 0.853 e. The first-order valence-corrected chi connectivity index (χ1v) is 1.03. The van der Waals surface area contributed by atoms with E-state index in [0.29, 0.717) is 0 Å². The first kappa shape index (κ1) is 15.8. The van der Waals surface area contributed by atoms with E-state index in [9.17, 15) is 0 Å². The number of hydrogen-bond donors (Lipinski definition) is 0. The van der Waals surface area contributed by atoms with Crippen LogP contribution in [0.5, 0.6) is 0 Å². The van der Waals surface area contributed by atoms with E-state index in [-0.39, 0.29) is 44.3 Å². The Hall–Kier alpha value is 0.895. The maximum atomic E-state index is 9.12. The van der Waals surface area contributed by atoms with Crippen molar-refractivity contribution in [2.75, 3.05) is 6.61 Å². The largest absolute Gasteiger partial charge is 1.00 e. The van der Waals surface area contributed by atoms with Crippen LogP contribution in [-0.2, 0) is 0 Å². The second kappa shape index (κ2) is 16.9. The molecule has 0 aromatic heterocycles. The molecule has 0 bridgehead atoms. The van der Waals surface area contributed by atoms with Crippen LogP contribution in [0.2, 0.25) is 0 Å². The summed E-state index contributed by atoms with van der Waals surface area (Å²) in [7, 11) is 0. The molecule has 0 aliphatic heterocycles. The molecule has 0 saturated carbocycles. The van der Waals surface area contributed by atoms with Gasteiger partial charge in [0.15, 0.2) is 0 Å². The van der Waals surface area contributed by atoms with Crippen molar-refractivity contribution < 1.29 is 42.8 Å². The van der Waals surface area contributed by atoms with Gasteiger partial charge in [0.1, 0.15) is 0 Å². The molecular weight excluding hydrogens is 65.9 g/mol. The van der Waals surface area contributed by atoms with Crippen molar-refractivity contribution in [3.8, 4) is 0 Å². The molecule has 6 heavy (non-hydrogen) atoms. The Morgan fingerprint density at radius 3 is 1.67 bits per heavy atom. The van der Waals surface area contributed by atoms with Crippen LogP contribution in [-0.4, -0.2) is 6.61 Å². The van der Waals surface area contributed by atoms with Gasteiger partial charge >= 0.3 is 37.7 Å². The Morgan fingerprint density at radius 1 is 1.50 bits per heavy atom. The molecule has 0 unspecified atom stereocenters. The van der Waals surface area contributed by atoms with Crippen LogP contribution >= 0.6 is 0 Å². The third-order valence-electron chi connectivity index (χ3n) is 0.0962. The maximum Gasteiger partial charge on any atom is 1.00 e. The van der Waals surface area contributed by atoms with Gasteiger partial charge in [-0.05, 0) is 0 Å². The standard InChI is InChI=1S/C3H4O.2Li/c1-2-3-4;;/h1-2H,3H2;;/q-2;2*+1. The Kier molecular flexibility index (Phi) is 44.4. The molecule has 0 saturated heterocycles. The van der Waals surface area contributed by atoms with Crippen LogP contribution in [0.25, 0.3) is 0 Å². The quantitative estimate of drug-likeness (QED) is 0.222. The third-order valence-corrected chi connectivity index (χ3v) is 0.0962. The van der Waals surface area contributed by atoms with E-state index >= 15 is 0 Å². The predicted molar refractivity (Wildman–Crippen MR) is 13.7 cm³/mol. The predicted octanol–water partition coefficient (Wildman–Crippen LogP) is -6.66. The first-order chi connectivity index (χ1) is 1.91. The topological polar surface area (TPSA) is 23.1 Å². The summed E-state index contributed by atoms with van der Waals surface area (Å²) < 4.78 is 0. The van der Waals surface area contributed by atoms with Crippen molar-refractivity contribution in [3.63, 3.8) is 0 Å². The van der Waals surface area contributed by atoms with Gasteiger partial charge in [-0.25, -0.2) is 0 Å². The molecule has 0 aromatic rings. The van der Waals surface area contributed by atoms with E-state index in [1.54, 1.807) is 0 Å². The average molecular weight is 69.9 g/mol. The summed E-state index contributed by atoms with van der Waals surface area (Å²) in [6.45, 7) is 4.31. The van der Waals surface area contributed by atoms with Crippen LogP contribution in [0.15, 0.2) is 6.08 Å². The molecule has 0 radical (unpaired) electrons. The summed E-state index contributed by atoms with van der Waals surface area (Å²) in [6, 6.07) is 0. The molecular formula is C3H4Li2O. The van der Waals surface area contributed by atoms with Gasteiger partial charge in [-0.2, -0.15) is 6.61 Å². The van der Waals surface area contributed by atoms with E-state index in [1.807, 2.05) is 0 Å². The van der Waals surface area contributed by atoms with Gasteiger partial charge in [-0.3, -0.25) is 6.08 Å². The summed E-state index contributed by atoms with van der Waals surface area (Å²) in [5.41, 5.74) is 0. The van der Waals surface area contributed by atoms with E-state index in [2.05, 4.69) is 6.58 Å². The van der Waals surface area contributed by atoms with Gasteiger partial charge in [-0.15, -0.1) is 0 Å². The minimum Gasteiger partial charge on any atom is -0.853 e. The molecule has 1 nitrogen and oxygen atoms in total. The summed E-state index contributed by atoms with van der Waals surface area (Å²) >= 11 is 0. The zero-order chi connectivity index (χ0) is 3.41. The molecule has 0 N–H and O–H groups in total. The van der Waals surface area contributed by atoms with E-state index in [4.69, 9.17) is 5.11 Å². The van der Waals surface area contributed by atoms with Crippen LogP contribution in [0.4, 0.5) is 0 Å². The second-order valence-corrected chi connectivity index (χ2v) is 0.402. The fraction of sp³-hybridized carbons (Fsp3) is 0.333. The molecule has 0 fully saturated rings. The molecule has 24 valence electrons. The SMILES string of the molecule is [CH-]=CC[O-].[Li+].[Li+]. The molecule has 0 aliphatic rings. The Bertz CT molecular complexity index is 22.8. The maximum absolute atomic E-state index is 9.12. The van der Waals surface area contributed by atoms with Crippen LogP contribution < -0.4 is 42.8 Å². The fourth-order valence-corrected chi connectivity index (χ4v) is 0. The van der Waals surface area contributed by atoms with Gasteiger partial charge in [0.25, 0.3) is 0 Å². The van der Waals surface area contributed by atoms with Crippen molar-refractivity contribution in [2.45, 2.75) is 0 Å². The molecule has 0 atom stereocenters.